The van der Waals surface area contributed by atoms with Crippen molar-refractivity contribution in [1.82, 2.24) is 0 Å². The van der Waals surface area contributed by atoms with Gasteiger partial charge < -0.3 is 0 Å². The Morgan fingerprint density at radius 3 is 2.33 bits per heavy atom. The van der Waals surface area contributed by atoms with Crippen LogP contribution in [0.25, 0.3) is 0 Å². The van der Waals surface area contributed by atoms with E-state index in [9.17, 15) is 9.59 Å². The Kier molecular flexibility index (Phi) is 2.29. The van der Waals surface area contributed by atoms with Crippen molar-refractivity contribution in [3.63, 3.8) is 0 Å². The molecule has 2 heteroatoms. The Morgan fingerprint density at radius 1 is 1.83 bits per heavy atom. The lowest BCUT2D eigenvalue weighted by Gasteiger charge is -1.70. The van der Waals surface area contributed by atoms with Gasteiger partial charge in [-0.05, 0) is 6.92 Å². The molecule has 0 amide bonds. The van der Waals surface area contributed by atoms with E-state index < -0.39 is 5.78 Å². The Bertz CT molecular complexity index is 65.9. The van der Waals surface area contributed by atoms with Gasteiger partial charge >= 0.3 is 0 Å². The highest BCUT2D eigenvalue weighted by Gasteiger charge is 1.87. The summed E-state index contributed by atoms with van der Waals surface area (Å²) in [5, 5.41) is 0. The van der Waals surface area contributed by atoms with Crippen molar-refractivity contribution >= 4 is 12.1 Å². The van der Waals surface area contributed by atoms with Crippen LogP contribution in [0.1, 0.15) is 6.42 Å². The van der Waals surface area contributed by atoms with Crippen molar-refractivity contribution < 1.29 is 9.59 Å². The minimum atomic E-state index is -0.449. The van der Waals surface area contributed by atoms with Gasteiger partial charge in [-0.1, -0.05) is 0 Å². The summed E-state index contributed by atoms with van der Waals surface area (Å²) in [6.45, 7) is 3.18. The largest absolute Gasteiger partial charge is 0.295 e. The maximum atomic E-state index is 9.75. The maximum Gasteiger partial charge on any atom is 0.195 e. The summed E-state index contributed by atoms with van der Waals surface area (Å²) in [6.07, 6.45) is 0.344. The average molecular weight is 85.1 g/mol. The molecule has 0 saturated carbocycles. The van der Waals surface area contributed by atoms with Crippen molar-refractivity contribution in [3.8, 4) is 0 Å². The maximum absolute atomic E-state index is 9.75. The zero-order chi connectivity index (χ0) is 4.99. The minimum absolute atomic E-state index is 0.0729. The van der Waals surface area contributed by atoms with Gasteiger partial charge in [0.05, 0.1) is 0 Å². The molecule has 2 nitrogen and oxygen atoms in total. The molecule has 0 aromatic carbocycles. The molecule has 0 aromatic rings. The van der Waals surface area contributed by atoms with Crippen LogP contribution in [0.5, 0.6) is 0 Å². The highest BCUT2D eigenvalue weighted by molar-refractivity contribution is 6.25. The first kappa shape index (κ1) is 5.34. The molecule has 0 aromatic heterocycles. The smallest absolute Gasteiger partial charge is 0.195 e. The van der Waals surface area contributed by atoms with Crippen LogP contribution >= 0.6 is 0 Å². The van der Waals surface area contributed by atoms with Gasteiger partial charge in [-0.3, -0.25) is 9.59 Å². The fourth-order valence-corrected chi connectivity index (χ4v) is 0.0589. The van der Waals surface area contributed by atoms with Crippen LogP contribution in [0.4, 0.5) is 0 Å². The van der Waals surface area contributed by atoms with Gasteiger partial charge in [0.15, 0.2) is 12.1 Å². The third-order valence-corrected chi connectivity index (χ3v) is 0.378. The summed E-state index contributed by atoms with van der Waals surface area (Å²) in [4.78, 5) is 19.1. The lowest BCUT2D eigenvalue weighted by atomic mass is 10.3. The van der Waals surface area contributed by atoms with Gasteiger partial charge in [-0.2, -0.15) is 0 Å². The highest BCUT2D eigenvalue weighted by Crippen LogP contribution is 1.68. The van der Waals surface area contributed by atoms with E-state index >= 15 is 0 Å². The van der Waals surface area contributed by atoms with Crippen molar-refractivity contribution in [2.24, 2.45) is 0 Å². The first-order valence-corrected chi connectivity index (χ1v) is 1.58. The highest BCUT2D eigenvalue weighted by atomic mass is 16.2. The molecular weight excluding hydrogens is 80.0 g/mol. The van der Waals surface area contributed by atoms with Crippen LogP contribution < -0.4 is 0 Å². The summed E-state index contributed by atoms with van der Waals surface area (Å²) in [5.41, 5.74) is 0. The van der Waals surface area contributed by atoms with E-state index in [2.05, 4.69) is 6.92 Å². The van der Waals surface area contributed by atoms with E-state index in [1.165, 1.54) is 0 Å². The Hall–Kier alpha value is -0.660. The SMILES string of the molecule is [CH2]CC(=O)C=O. The molecule has 0 bridgehead atoms. The fraction of sp³-hybridized carbons (Fsp3) is 0.250. The molecule has 0 rings (SSSR count). The Labute approximate surface area is 36.2 Å². The van der Waals surface area contributed by atoms with Gasteiger partial charge in [0.2, 0.25) is 0 Å². The number of carbonyl (C=O) groups is 2. The fourth-order valence-electron chi connectivity index (χ4n) is 0.0589. The predicted molar refractivity (Wildman–Crippen MR) is 21.0 cm³/mol. The van der Waals surface area contributed by atoms with E-state index in [0.29, 0.717) is 0 Å². The first-order valence-electron chi connectivity index (χ1n) is 1.58. The molecule has 33 valence electrons. The molecule has 0 fully saturated rings. The number of hydrogen-bond acceptors (Lipinski definition) is 2. The van der Waals surface area contributed by atoms with Crippen molar-refractivity contribution in [3.05, 3.63) is 6.92 Å². The molecular formula is C4H5O2. The Balaban J connectivity index is 3.23. The van der Waals surface area contributed by atoms with Crippen LogP contribution in [0, 0.1) is 6.92 Å². The van der Waals surface area contributed by atoms with Gasteiger partial charge in [0.1, 0.15) is 0 Å². The third-order valence-electron chi connectivity index (χ3n) is 0.378. The van der Waals surface area contributed by atoms with E-state index in [4.69, 9.17) is 0 Å². The predicted octanol–water partition coefficient (Wildman–Crippen LogP) is -0.0214. The van der Waals surface area contributed by atoms with Crippen LogP contribution in [0.15, 0.2) is 0 Å². The normalized spacial score (nSPS) is 7.50. The van der Waals surface area contributed by atoms with E-state index in [0.717, 1.165) is 0 Å². The number of aldehydes is 1. The zero-order valence-electron chi connectivity index (χ0n) is 3.31. The number of rotatable bonds is 2. The number of Topliss-reactive ketones (excluding diaryl/α,β-unsaturated/α-hetero) is 1. The average Bonchev–Trinajstić information content (AvgIpc) is 1.65. The first-order chi connectivity index (χ1) is 2.81. The molecule has 0 N–H and O–H groups in total. The van der Waals surface area contributed by atoms with E-state index in [-0.39, 0.29) is 12.7 Å². The van der Waals surface area contributed by atoms with Gasteiger partial charge in [-0.15, -0.1) is 0 Å². The quantitative estimate of drug-likeness (QED) is 0.349. The summed E-state index contributed by atoms with van der Waals surface area (Å²) in [5.74, 6) is -0.449. The van der Waals surface area contributed by atoms with E-state index in [1.54, 1.807) is 0 Å². The summed E-state index contributed by atoms with van der Waals surface area (Å²) < 4.78 is 0. The number of ketones is 1. The number of hydrogen-bond donors (Lipinski definition) is 0. The molecule has 1 radical (unpaired) electrons. The third kappa shape index (κ3) is 1.64. The van der Waals surface area contributed by atoms with Crippen molar-refractivity contribution in [1.29, 1.82) is 0 Å². The van der Waals surface area contributed by atoms with Crippen LogP contribution in [-0.2, 0) is 9.59 Å². The van der Waals surface area contributed by atoms with Crippen molar-refractivity contribution in [2.75, 3.05) is 0 Å². The zero-order valence-corrected chi connectivity index (χ0v) is 3.31. The monoisotopic (exact) mass is 85.0 g/mol. The second-order valence-corrected chi connectivity index (χ2v) is 0.834. The number of carbonyl (C=O) groups excluding carboxylic acids is 2. The second-order valence-electron chi connectivity index (χ2n) is 0.834. The Morgan fingerprint density at radius 2 is 2.33 bits per heavy atom. The molecule has 0 aliphatic heterocycles. The molecule has 0 saturated heterocycles. The second kappa shape index (κ2) is 2.57. The van der Waals surface area contributed by atoms with Gasteiger partial charge in [0, 0.05) is 6.42 Å². The lowest BCUT2D eigenvalue weighted by Crippen LogP contribution is -1.93. The van der Waals surface area contributed by atoms with E-state index in [1.807, 2.05) is 0 Å². The molecule has 0 aliphatic carbocycles. The van der Waals surface area contributed by atoms with Crippen LogP contribution in [0.3, 0.4) is 0 Å². The van der Waals surface area contributed by atoms with Crippen LogP contribution in [0.2, 0.25) is 0 Å². The van der Waals surface area contributed by atoms with Crippen LogP contribution in [-0.4, -0.2) is 12.1 Å². The minimum Gasteiger partial charge on any atom is -0.295 e. The molecule has 0 heterocycles. The molecule has 0 unspecified atom stereocenters. The molecule has 0 aliphatic rings. The summed E-state index contributed by atoms with van der Waals surface area (Å²) >= 11 is 0. The topological polar surface area (TPSA) is 34.1 Å². The summed E-state index contributed by atoms with van der Waals surface area (Å²) in [7, 11) is 0. The molecule has 0 spiro atoms. The standard InChI is InChI=1S/C4H5O2/c1-2-4(6)3-5/h3H,1-2H2. The molecule has 0 atom stereocenters. The molecule has 6 heavy (non-hydrogen) atoms. The van der Waals surface area contributed by atoms with Gasteiger partial charge in [-0.25, -0.2) is 0 Å². The van der Waals surface area contributed by atoms with Gasteiger partial charge in [0.25, 0.3) is 0 Å². The van der Waals surface area contributed by atoms with Crippen molar-refractivity contribution in [2.45, 2.75) is 6.42 Å². The summed E-state index contributed by atoms with van der Waals surface area (Å²) in [6, 6.07) is 0. The lowest BCUT2D eigenvalue weighted by molar-refractivity contribution is -0.129.